The summed E-state index contributed by atoms with van der Waals surface area (Å²) in [5.74, 6) is -4.14. The van der Waals surface area contributed by atoms with Crippen molar-refractivity contribution in [3.63, 3.8) is 0 Å². The number of halogens is 8. The highest BCUT2D eigenvalue weighted by Gasteiger charge is 2.49. The Morgan fingerprint density at radius 2 is 1.45 bits per heavy atom. The fourth-order valence-corrected chi connectivity index (χ4v) is 5.35. The van der Waals surface area contributed by atoms with Crippen LogP contribution in [0.15, 0.2) is 30.3 Å². The molecule has 0 radical (unpaired) electrons. The van der Waals surface area contributed by atoms with E-state index in [9.17, 15) is 35.1 Å². The molecule has 0 aromatic heterocycles. The molecule has 38 heavy (non-hydrogen) atoms. The van der Waals surface area contributed by atoms with Gasteiger partial charge in [-0.15, -0.1) is 13.2 Å². The minimum absolute atomic E-state index is 0.0419. The van der Waals surface area contributed by atoms with Gasteiger partial charge in [0.2, 0.25) is 0 Å². The SMILES string of the molecule is CCCC1COC(C2CCC(c3ccc(-c4cc(F)c(C(F)(F)OC(F)(F)F)c(F)c4)c(F)c3)CC2)OC1. The van der Waals surface area contributed by atoms with Crippen LogP contribution in [0.25, 0.3) is 11.1 Å². The van der Waals surface area contributed by atoms with Gasteiger partial charge < -0.3 is 9.47 Å². The second kappa shape index (κ2) is 11.5. The number of alkyl halides is 5. The molecule has 0 amide bonds. The number of benzene rings is 2. The van der Waals surface area contributed by atoms with Crippen molar-refractivity contribution in [2.24, 2.45) is 11.8 Å². The molecule has 210 valence electrons. The van der Waals surface area contributed by atoms with Crippen molar-refractivity contribution in [2.45, 2.75) is 70.1 Å². The first-order valence-corrected chi connectivity index (χ1v) is 12.5. The van der Waals surface area contributed by atoms with E-state index in [1.807, 2.05) is 0 Å². The van der Waals surface area contributed by atoms with Crippen LogP contribution < -0.4 is 0 Å². The third-order valence-corrected chi connectivity index (χ3v) is 7.20. The number of ether oxygens (including phenoxy) is 3. The molecule has 0 atom stereocenters. The summed E-state index contributed by atoms with van der Waals surface area (Å²) in [7, 11) is 0. The molecule has 1 saturated carbocycles. The van der Waals surface area contributed by atoms with Crippen LogP contribution in [0.5, 0.6) is 0 Å². The lowest BCUT2D eigenvalue weighted by molar-refractivity contribution is -0.432. The first-order valence-electron chi connectivity index (χ1n) is 12.5. The summed E-state index contributed by atoms with van der Waals surface area (Å²) < 4.78 is 122. The lowest BCUT2D eigenvalue weighted by Gasteiger charge is -2.37. The molecule has 2 aliphatic rings. The molecule has 1 saturated heterocycles. The van der Waals surface area contributed by atoms with Crippen molar-refractivity contribution >= 4 is 0 Å². The molecule has 0 bridgehead atoms. The van der Waals surface area contributed by atoms with E-state index in [4.69, 9.17) is 9.47 Å². The Hall–Kier alpha value is -2.24. The summed E-state index contributed by atoms with van der Waals surface area (Å²) in [6.07, 6.45) is -6.09. The van der Waals surface area contributed by atoms with E-state index in [1.54, 1.807) is 6.07 Å². The standard InChI is InChI=1S/C27H28F8O3/c1-2-3-15-13-36-25(37-14-15)17-6-4-16(5-7-17)18-8-9-20(21(28)10-18)19-11-22(29)24(23(30)12-19)26(31,32)38-27(33,34)35/h8-12,15-17,25H,2-7,13-14H2,1H3. The molecule has 1 aliphatic carbocycles. The van der Waals surface area contributed by atoms with E-state index in [0.29, 0.717) is 36.8 Å². The number of hydrogen-bond donors (Lipinski definition) is 0. The van der Waals surface area contributed by atoms with Crippen LogP contribution in [0.3, 0.4) is 0 Å². The Kier molecular flexibility index (Phi) is 8.68. The summed E-state index contributed by atoms with van der Waals surface area (Å²) in [5.41, 5.74) is -2.25. The topological polar surface area (TPSA) is 27.7 Å². The molecule has 0 N–H and O–H groups in total. The molecule has 4 rings (SSSR count). The van der Waals surface area contributed by atoms with Gasteiger partial charge in [0.05, 0.1) is 13.2 Å². The van der Waals surface area contributed by atoms with Crippen LogP contribution in [0, 0.1) is 29.3 Å². The van der Waals surface area contributed by atoms with Gasteiger partial charge in [-0.2, -0.15) is 8.78 Å². The van der Waals surface area contributed by atoms with Gasteiger partial charge in [0.25, 0.3) is 0 Å². The van der Waals surface area contributed by atoms with E-state index >= 15 is 0 Å². The minimum Gasteiger partial charge on any atom is -0.352 e. The number of hydrogen-bond acceptors (Lipinski definition) is 3. The van der Waals surface area contributed by atoms with E-state index in [-0.39, 0.29) is 23.7 Å². The molecular formula is C27H28F8O3. The molecule has 1 heterocycles. The summed E-state index contributed by atoms with van der Waals surface area (Å²) in [5, 5.41) is 0. The van der Waals surface area contributed by atoms with Crippen molar-refractivity contribution in [3.8, 4) is 11.1 Å². The monoisotopic (exact) mass is 552 g/mol. The zero-order valence-electron chi connectivity index (χ0n) is 20.6. The van der Waals surface area contributed by atoms with E-state index in [2.05, 4.69) is 11.7 Å². The maximum Gasteiger partial charge on any atom is 0.527 e. The van der Waals surface area contributed by atoms with Gasteiger partial charge in [0.1, 0.15) is 23.0 Å². The highest BCUT2D eigenvalue weighted by molar-refractivity contribution is 5.65. The molecule has 2 aromatic rings. The quantitative estimate of drug-likeness (QED) is 0.323. The Labute approximate surface area is 215 Å². The van der Waals surface area contributed by atoms with Crippen LogP contribution in [-0.4, -0.2) is 25.9 Å². The van der Waals surface area contributed by atoms with Gasteiger partial charge in [0, 0.05) is 17.4 Å². The van der Waals surface area contributed by atoms with Crippen molar-refractivity contribution in [2.75, 3.05) is 13.2 Å². The summed E-state index contributed by atoms with van der Waals surface area (Å²) in [6, 6.07) is 4.80. The lowest BCUT2D eigenvalue weighted by atomic mass is 9.78. The smallest absolute Gasteiger partial charge is 0.352 e. The first kappa shape index (κ1) is 28.8. The Morgan fingerprint density at radius 3 is 1.97 bits per heavy atom. The second-order valence-corrected chi connectivity index (χ2v) is 9.92. The Bertz CT molecular complexity index is 1080. The largest absolute Gasteiger partial charge is 0.527 e. The fraction of sp³-hybridized carbons (Fsp3) is 0.556. The molecular weight excluding hydrogens is 524 g/mol. The van der Waals surface area contributed by atoms with Gasteiger partial charge in [-0.05, 0) is 67.3 Å². The van der Waals surface area contributed by atoms with Gasteiger partial charge in [-0.3, -0.25) is 0 Å². The molecule has 2 aromatic carbocycles. The highest BCUT2D eigenvalue weighted by atomic mass is 19.4. The molecule has 1 aliphatic heterocycles. The highest BCUT2D eigenvalue weighted by Crippen LogP contribution is 2.42. The first-order chi connectivity index (χ1) is 17.9. The molecule has 2 fully saturated rings. The minimum atomic E-state index is -5.84. The molecule has 0 unspecified atom stereocenters. The van der Waals surface area contributed by atoms with Crippen LogP contribution in [0.2, 0.25) is 0 Å². The third-order valence-electron chi connectivity index (χ3n) is 7.20. The van der Waals surface area contributed by atoms with Crippen LogP contribution in [0.4, 0.5) is 35.1 Å². The molecule has 3 nitrogen and oxygen atoms in total. The van der Waals surface area contributed by atoms with Crippen LogP contribution >= 0.6 is 0 Å². The van der Waals surface area contributed by atoms with Crippen LogP contribution in [-0.2, 0) is 20.3 Å². The van der Waals surface area contributed by atoms with Gasteiger partial charge >= 0.3 is 12.5 Å². The number of rotatable bonds is 7. The third kappa shape index (κ3) is 6.66. The van der Waals surface area contributed by atoms with Gasteiger partial charge in [-0.1, -0.05) is 25.5 Å². The fourth-order valence-electron chi connectivity index (χ4n) is 5.35. The van der Waals surface area contributed by atoms with E-state index in [1.165, 1.54) is 12.1 Å². The normalized spacial score (nSPS) is 25.0. The maximum absolute atomic E-state index is 15.0. The predicted molar refractivity (Wildman–Crippen MR) is 122 cm³/mol. The molecule has 0 spiro atoms. The summed E-state index contributed by atoms with van der Waals surface area (Å²) >= 11 is 0. The predicted octanol–water partition coefficient (Wildman–Crippen LogP) is 8.42. The van der Waals surface area contributed by atoms with Crippen LogP contribution in [0.1, 0.15) is 62.5 Å². The summed E-state index contributed by atoms with van der Waals surface area (Å²) in [4.78, 5) is 0. The second-order valence-electron chi connectivity index (χ2n) is 9.92. The average Bonchev–Trinajstić information content (AvgIpc) is 2.82. The Morgan fingerprint density at radius 1 is 0.842 bits per heavy atom. The van der Waals surface area contributed by atoms with Crippen molar-refractivity contribution in [1.82, 2.24) is 0 Å². The summed E-state index contributed by atoms with van der Waals surface area (Å²) in [6.45, 7) is 3.48. The zero-order chi connectivity index (χ0) is 27.7. The zero-order valence-corrected chi connectivity index (χ0v) is 20.6. The van der Waals surface area contributed by atoms with Crippen molar-refractivity contribution in [1.29, 1.82) is 0 Å². The maximum atomic E-state index is 15.0. The van der Waals surface area contributed by atoms with Crippen molar-refractivity contribution < 1.29 is 49.3 Å². The molecule has 11 heteroatoms. The van der Waals surface area contributed by atoms with Gasteiger partial charge in [-0.25, -0.2) is 17.9 Å². The van der Waals surface area contributed by atoms with E-state index in [0.717, 1.165) is 38.5 Å². The lowest BCUT2D eigenvalue weighted by Crippen LogP contribution is -2.38. The average molecular weight is 553 g/mol. The van der Waals surface area contributed by atoms with Crippen molar-refractivity contribution in [3.05, 3.63) is 58.9 Å². The van der Waals surface area contributed by atoms with E-state index < -0.39 is 41.0 Å². The Balaban J connectivity index is 1.43. The van der Waals surface area contributed by atoms with Gasteiger partial charge in [0.15, 0.2) is 6.29 Å².